The van der Waals surface area contributed by atoms with Crippen molar-refractivity contribution in [2.24, 2.45) is 0 Å². The molecule has 6 N–H and O–H groups in total. The summed E-state index contributed by atoms with van der Waals surface area (Å²) in [6, 6.07) is -1.16. The first kappa shape index (κ1) is 15.3. The molecule has 8 unspecified atom stereocenters. The predicted molar refractivity (Wildman–Crippen MR) is 69.1 cm³/mol. The molecule has 3 rings (SSSR count). The van der Waals surface area contributed by atoms with E-state index in [0.29, 0.717) is 13.0 Å². The molecule has 3 aliphatic rings. The highest BCUT2D eigenvalue weighted by Gasteiger charge is 2.46. The number of aliphatic hydroxyl groups is 5. The number of ether oxygens (including phenoxy) is 2. The zero-order chi connectivity index (χ0) is 15.1. The molecule has 8 atom stereocenters. The fourth-order valence-corrected chi connectivity index (χ4v) is 3.16. The van der Waals surface area contributed by atoms with E-state index in [1.54, 1.807) is 0 Å². The maximum Gasteiger partial charge on any atom is 0.160 e. The van der Waals surface area contributed by atoms with Crippen LogP contribution in [-0.2, 0) is 9.47 Å². The number of fused-ring (bicyclic) bond motifs is 2. The van der Waals surface area contributed by atoms with E-state index in [0.717, 1.165) is 0 Å². The first-order valence-corrected chi connectivity index (χ1v) is 7.08. The molecule has 2 bridgehead atoms. The van der Waals surface area contributed by atoms with Gasteiger partial charge in [-0.15, -0.1) is 0 Å². The molecule has 8 nitrogen and oxygen atoms in total. The molecule has 2 aliphatic heterocycles. The predicted octanol–water partition coefficient (Wildman–Crippen LogP) is -3.17. The molecule has 0 aromatic carbocycles. The van der Waals surface area contributed by atoms with Gasteiger partial charge in [-0.2, -0.15) is 0 Å². The lowest BCUT2D eigenvalue weighted by Gasteiger charge is -2.40. The van der Waals surface area contributed by atoms with Crippen LogP contribution in [0.2, 0.25) is 0 Å². The number of aliphatic hydroxyl groups excluding tert-OH is 5. The van der Waals surface area contributed by atoms with E-state index in [2.05, 4.69) is 5.32 Å². The summed E-state index contributed by atoms with van der Waals surface area (Å²) in [4.78, 5) is 0. The van der Waals surface area contributed by atoms with Gasteiger partial charge in [0.25, 0.3) is 0 Å². The van der Waals surface area contributed by atoms with Crippen molar-refractivity contribution in [3.8, 4) is 0 Å². The second-order valence-corrected chi connectivity index (χ2v) is 5.78. The lowest BCUT2D eigenvalue weighted by Crippen LogP contribution is -2.61. The maximum atomic E-state index is 10.1. The Morgan fingerprint density at radius 3 is 2.67 bits per heavy atom. The molecule has 0 aromatic heterocycles. The van der Waals surface area contributed by atoms with Crippen molar-refractivity contribution < 1.29 is 35.0 Å². The number of nitrogens with one attached hydrogen (secondary N) is 1. The standard InChI is InChI=1S/C13H21NO7/c15-3-5-1-6(12(18)13(19)11(5)17)14-10-7(16)2-9-20-4-8(10)21-9/h1,6-19H,2-4H2. The van der Waals surface area contributed by atoms with Crippen molar-refractivity contribution in [3.05, 3.63) is 11.6 Å². The third-order valence-corrected chi connectivity index (χ3v) is 4.40. The lowest BCUT2D eigenvalue weighted by molar-refractivity contribution is -0.134. The summed E-state index contributed by atoms with van der Waals surface area (Å²) in [5.41, 5.74) is 0.233. The van der Waals surface area contributed by atoms with Gasteiger partial charge in [0.05, 0.1) is 31.4 Å². The largest absolute Gasteiger partial charge is 0.392 e. The third kappa shape index (κ3) is 2.73. The van der Waals surface area contributed by atoms with Crippen LogP contribution in [0.25, 0.3) is 0 Å². The molecule has 2 fully saturated rings. The minimum atomic E-state index is -1.40. The Kier molecular flexibility index (Phi) is 4.30. The topological polar surface area (TPSA) is 132 Å². The molecule has 2 saturated heterocycles. The van der Waals surface area contributed by atoms with Gasteiger partial charge in [0.15, 0.2) is 6.29 Å². The van der Waals surface area contributed by atoms with Crippen LogP contribution in [0.1, 0.15) is 6.42 Å². The molecular formula is C13H21NO7. The Morgan fingerprint density at radius 1 is 1.19 bits per heavy atom. The molecule has 0 saturated carbocycles. The van der Waals surface area contributed by atoms with Gasteiger partial charge >= 0.3 is 0 Å². The van der Waals surface area contributed by atoms with Crippen LogP contribution in [0.15, 0.2) is 11.6 Å². The first-order chi connectivity index (χ1) is 10.0. The highest BCUT2D eigenvalue weighted by atomic mass is 16.7. The second-order valence-electron chi connectivity index (χ2n) is 5.78. The Labute approximate surface area is 121 Å². The molecule has 21 heavy (non-hydrogen) atoms. The fourth-order valence-electron chi connectivity index (χ4n) is 3.16. The molecule has 1 aliphatic carbocycles. The van der Waals surface area contributed by atoms with Crippen LogP contribution in [0.3, 0.4) is 0 Å². The van der Waals surface area contributed by atoms with E-state index >= 15 is 0 Å². The Bertz CT molecular complexity index is 417. The Balaban J connectivity index is 1.75. The molecule has 0 radical (unpaired) electrons. The minimum Gasteiger partial charge on any atom is -0.392 e. The smallest absolute Gasteiger partial charge is 0.160 e. The summed E-state index contributed by atoms with van der Waals surface area (Å²) in [5, 5.41) is 52.0. The highest BCUT2D eigenvalue weighted by molar-refractivity contribution is 5.22. The van der Waals surface area contributed by atoms with Crippen LogP contribution in [0.4, 0.5) is 0 Å². The molecule has 2 heterocycles. The summed E-state index contributed by atoms with van der Waals surface area (Å²) < 4.78 is 10.9. The minimum absolute atomic E-state index is 0.233. The van der Waals surface area contributed by atoms with E-state index in [-0.39, 0.29) is 11.7 Å². The van der Waals surface area contributed by atoms with Crippen LogP contribution in [-0.4, -0.2) is 87.6 Å². The van der Waals surface area contributed by atoms with Gasteiger partial charge in [0.2, 0.25) is 0 Å². The zero-order valence-corrected chi connectivity index (χ0v) is 11.4. The highest BCUT2D eigenvalue weighted by Crippen LogP contribution is 2.29. The van der Waals surface area contributed by atoms with Crippen LogP contribution in [0, 0.1) is 0 Å². The van der Waals surface area contributed by atoms with Crippen LogP contribution >= 0.6 is 0 Å². The summed E-state index contributed by atoms with van der Waals surface area (Å²) >= 11 is 0. The van der Waals surface area contributed by atoms with Crippen molar-refractivity contribution in [2.45, 2.75) is 55.3 Å². The first-order valence-electron chi connectivity index (χ1n) is 7.08. The van der Waals surface area contributed by atoms with Crippen LogP contribution in [0.5, 0.6) is 0 Å². The third-order valence-electron chi connectivity index (χ3n) is 4.40. The monoisotopic (exact) mass is 303 g/mol. The van der Waals surface area contributed by atoms with E-state index in [1.165, 1.54) is 6.08 Å². The van der Waals surface area contributed by atoms with Gasteiger partial charge < -0.3 is 40.3 Å². The number of rotatable bonds is 3. The molecule has 0 spiro atoms. The van der Waals surface area contributed by atoms with Gasteiger partial charge in [-0.25, -0.2) is 0 Å². The van der Waals surface area contributed by atoms with Crippen molar-refractivity contribution in [3.63, 3.8) is 0 Å². The van der Waals surface area contributed by atoms with Crippen LogP contribution < -0.4 is 5.32 Å². The normalized spacial score (nSPS) is 50.0. The van der Waals surface area contributed by atoms with E-state index in [9.17, 15) is 25.5 Å². The molecule has 0 aromatic rings. The quantitative estimate of drug-likeness (QED) is 0.301. The maximum absolute atomic E-state index is 10.1. The summed E-state index contributed by atoms with van der Waals surface area (Å²) in [6.45, 7) is -0.0641. The zero-order valence-electron chi connectivity index (χ0n) is 11.4. The molecule has 8 heteroatoms. The fraction of sp³-hybridized carbons (Fsp3) is 0.846. The van der Waals surface area contributed by atoms with E-state index < -0.39 is 49.4 Å². The summed E-state index contributed by atoms with van der Waals surface area (Å²) in [5.74, 6) is 0. The SMILES string of the molecule is OCC1=CC(NC2C(O)CC3OCC2O3)C(O)C(O)C1O. The molecule has 0 amide bonds. The molecule has 120 valence electrons. The van der Waals surface area contributed by atoms with Gasteiger partial charge in [0, 0.05) is 6.42 Å². The lowest BCUT2D eigenvalue weighted by atomic mass is 9.87. The van der Waals surface area contributed by atoms with Gasteiger partial charge in [0.1, 0.15) is 24.4 Å². The second kappa shape index (κ2) is 5.90. The van der Waals surface area contributed by atoms with E-state index in [1.807, 2.05) is 0 Å². The number of hydrogen-bond donors (Lipinski definition) is 6. The van der Waals surface area contributed by atoms with Crippen molar-refractivity contribution in [2.75, 3.05) is 13.2 Å². The molecular weight excluding hydrogens is 282 g/mol. The van der Waals surface area contributed by atoms with Gasteiger partial charge in [-0.1, -0.05) is 6.08 Å². The van der Waals surface area contributed by atoms with Gasteiger partial charge in [-0.05, 0) is 5.57 Å². The van der Waals surface area contributed by atoms with Crippen molar-refractivity contribution in [1.82, 2.24) is 5.32 Å². The van der Waals surface area contributed by atoms with Crippen molar-refractivity contribution >= 4 is 0 Å². The number of hydrogen-bond acceptors (Lipinski definition) is 8. The Morgan fingerprint density at radius 2 is 1.95 bits per heavy atom. The summed E-state index contributed by atoms with van der Waals surface area (Å²) in [7, 11) is 0. The summed E-state index contributed by atoms with van der Waals surface area (Å²) in [6.07, 6.45) is -3.55. The van der Waals surface area contributed by atoms with Crippen molar-refractivity contribution in [1.29, 1.82) is 0 Å². The average Bonchev–Trinajstić information content (AvgIpc) is 2.86. The van der Waals surface area contributed by atoms with E-state index in [4.69, 9.17) is 9.47 Å². The van der Waals surface area contributed by atoms with Gasteiger partial charge in [-0.3, -0.25) is 0 Å². The average molecular weight is 303 g/mol. The Hall–Kier alpha value is -0.580.